The van der Waals surface area contributed by atoms with Gasteiger partial charge in [-0.3, -0.25) is 14.7 Å². The van der Waals surface area contributed by atoms with Crippen molar-refractivity contribution in [3.05, 3.63) is 65.1 Å². The van der Waals surface area contributed by atoms with Crippen molar-refractivity contribution in [1.29, 1.82) is 0 Å². The van der Waals surface area contributed by atoms with Gasteiger partial charge in [0.1, 0.15) is 5.75 Å². The van der Waals surface area contributed by atoms with Crippen LogP contribution >= 0.6 is 11.3 Å². The highest BCUT2D eigenvalue weighted by Gasteiger charge is 2.19. The van der Waals surface area contributed by atoms with Crippen molar-refractivity contribution in [2.45, 2.75) is 6.92 Å². The maximum Gasteiger partial charge on any atom is 0.413 e. The molecule has 0 bridgehead atoms. The number of methoxy groups -OCH3 is 1. The number of nitrogens with zero attached hydrogens (tertiary/aromatic N) is 3. The van der Waals surface area contributed by atoms with E-state index < -0.39 is 6.09 Å². The first-order valence-electron chi connectivity index (χ1n) is 9.17. The number of amides is 1. The van der Waals surface area contributed by atoms with Gasteiger partial charge in [-0.15, -0.1) is 0 Å². The lowest BCUT2D eigenvalue weighted by atomic mass is 10.2. The van der Waals surface area contributed by atoms with E-state index in [1.165, 1.54) is 15.9 Å². The maximum absolute atomic E-state index is 13.4. The summed E-state index contributed by atoms with van der Waals surface area (Å²) in [4.78, 5) is 34.7. The molecule has 0 spiro atoms. The van der Waals surface area contributed by atoms with Crippen LogP contribution in [0.25, 0.3) is 27.3 Å². The number of thiazole rings is 1. The van der Waals surface area contributed by atoms with Crippen molar-refractivity contribution in [1.82, 2.24) is 14.5 Å². The van der Waals surface area contributed by atoms with E-state index in [1.807, 2.05) is 18.2 Å². The van der Waals surface area contributed by atoms with Crippen LogP contribution in [-0.4, -0.2) is 34.3 Å². The zero-order valence-corrected chi connectivity index (χ0v) is 17.1. The Balaban J connectivity index is 1.92. The molecule has 1 amide bonds. The SMILES string of the molecule is CCOC(=O)Nc1ncc(-c2nc3ccccc3c(=O)n2-c2ccccc2OC)s1. The van der Waals surface area contributed by atoms with Gasteiger partial charge in [-0.05, 0) is 31.2 Å². The van der Waals surface area contributed by atoms with Gasteiger partial charge < -0.3 is 9.47 Å². The molecule has 2 heterocycles. The van der Waals surface area contributed by atoms with E-state index in [4.69, 9.17) is 14.5 Å². The Morgan fingerprint density at radius 1 is 1.17 bits per heavy atom. The van der Waals surface area contributed by atoms with Crippen molar-refractivity contribution in [3.63, 3.8) is 0 Å². The topological polar surface area (TPSA) is 95.3 Å². The smallest absolute Gasteiger partial charge is 0.413 e. The molecule has 0 aliphatic heterocycles. The van der Waals surface area contributed by atoms with Crippen LogP contribution in [-0.2, 0) is 4.74 Å². The summed E-state index contributed by atoms with van der Waals surface area (Å²) in [6, 6.07) is 14.4. The lowest BCUT2D eigenvalue weighted by Gasteiger charge is -2.15. The summed E-state index contributed by atoms with van der Waals surface area (Å²) in [7, 11) is 1.55. The lowest BCUT2D eigenvalue weighted by Crippen LogP contribution is -2.22. The van der Waals surface area contributed by atoms with Gasteiger partial charge in [0.05, 0.1) is 41.4 Å². The van der Waals surface area contributed by atoms with Crippen molar-refractivity contribution in [2.75, 3.05) is 19.0 Å². The number of para-hydroxylation sites is 3. The van der Waals surface area contributed by atoms with Crippen LogP contribution in [0.15, 0.2) is 59.5 Å². The zero-order valence-electron chi connectivity index (χ0n) is 16.3. The van der Waals surface area contributed by atoms with Gasteiger partial charge in [0, 0.05) is 0 Å². The van der Waals surface area contributed by atoms with Crippen molar-refractivity contribution in [3.8, 4) is 22.1 Å². The predicted molar refractivity (Wildman–Crippen MR) is 116 cm³/mol. The Bertz CT molecular complexity index is 1280. The molecule has 1 N–H and O–H groups in total. The predicted octanol–water partition coefficient (Wildman–Crippen LogP) is 4.09. The normalized spacial score (nSPS) is 10.7. The largest absolute Gasteiger partial charge is 0.495 e. The van der Waals surface area contributed by atoms with Gasteiger partial charge in [0.15, 0.2) is 11.0 Å². The molecule has 152 valence electrons. The Morgan fingerprint density at radius 2 is 1.93 bits per heavy atom. The molecule has 2 aromatic carbocycles. The first-order chi connectivity index (χ1) is 14.6. The van der Waals surface area contributed by atoms with E-state index >= 15 is 0 Å². The minimum Gasteiger partial charge on any atom is -0.495 e. The van der Waals surface area contributed by atoms with E-state index in [0.717, 1.165) is 0 Å². The standard InChI is InChI=1S/C21H18N4O4S/c1-3-29-21(27)24-20-22-12-17(30-20)18-23-14-9-5-4-8-13(14)19(26)25(18)15-10-6-7-11-16(15)28-2/h4-12H,3H2,1-2H3,(H,22,24,27). The molecule has 2 aromatic heterocycles. The van der Waals surface area contributed by atoms with Crippen LogP contribution in [0.1, 0.15) is 6.92 Å². The number of fused-ring (bicyclic) bond motifs is 1. The summed E-state index contributed by atoms with van der Waals surface area (Å²) in [5.41, 5.74) is 0.900. The number of ether oxygens (including phenoxy) is 2. The molecule has 0 aliphatic carbocycles. The Labute approximate surface area is 175 Å². The molecule has 0 atom stereocenters. The van der Waals surface area contributed by atoms with E-state index in [-0.39, 0.29) is 12.2 Å². The number of hydrogen-bond acceptors (Lipinski definition) is 7. The van der Waals surface area contributed by atoms with Crippen LogP contribution in [0.2, 0.25) is 0 Å². The molecule has 0 radical (unpaired) electrons. The quantitative estimate of drug-likeness (QED) is 0.521. The Morgan fingerprint density at radius 3 is 2.73 bits per heavy atom. The molecule has 0 unspecified atom stereocenters. The monoisotopic (exact) mass is 422 g/mol. The third-order valence-corrected chi connectivity index (χ3v) is 5.22. The van der Waals surface area contributed by atoms with Gasteiger partial charge >= 0.3 is 6.09 Å². The molecule has 4 rings (SSSR count). The van der Waals surface area contributed by atoms with E-state index in [2.05, 4.69) is 10.3 Å². The minimum absolute atomic E-state index is 0.228. The molecule has 9 heteroatoms. The van der Waals surface area contributed by atoms with Crippen LogP contribution in [0, 0.1) is 0 Å². The summed E-state index contributed by atoms with van der Waals surface area (Å²) < 4.78 is 11.9. The van der Waals surface area contributed by atoms with E-state index in [9.17, 15) is 9.59 Å². The Hall–Kier alpha value is -3.72. The van der Waals surface area contributed by atoms with Gasteiger partial charge in [-0.25, -0.2) is 14.8 Å². The summed E-state index contributed by atoms with van der Waals surface area (Å²) in [6.45, 7) is 1.97. The first kappa shape index (κ1) is 19.6. The average molecular weight is 422 g/mol. The molecule has 0 saturated heterocycles. The zero-order chi connectivity index (χ0) is 21.1. The number of anilines is 1. The molecule has 0 saturated carbocycles. The highest BCUT2D eigenvalue weighted by molar-refractivity contribution is 7.19. The molecule has 0 fully saturated rings. The van der Waals surface area contributed by atoms with Crippen LogP contribution < -0.4 is 15.6 Å². The van der Waals surface area contributed by atoms with Crippen LogP contribution in [0.4, 0.5) is 9.93 Å². The molecular weight excluding hydrogens is 404 g/mol. The summed E-state index contributed by atoms with van der Waals surface area (Å²) in [6.07, 6.45) is 0.973. The lowest BCUT2D eigenvalue weighted by molar-refractivity contribution is 0.168. The molecule has 4 aromatic rings. The summed E-state index contributed by atoms with van der Waals surface area (Å²) >= 11 is 1.19. The fourth-order valence-electron chi connectivity index (χ4n) is 3.03. The fourth-order valence-corrected chi connectivity index (χ4v) is 3.81. The van der Waals surface area contributed by atoms with Gasteiger partial charge in [0.25, 0.3) is 5.56 Å². The fraction of sp³-hybridized carbons (Fsp3) is 0.143. The number of rotatable bonds is 5. The van der Waals surface area contributed by atoms with Crippen molar-refractivity contribution in [2.24, 2.45) is 0 Å². The van der Waals surface area contributed by atoms with Crippen LogP contribution in [0.3, 0.4) is 0 Å². The Kier molecular flexibility index (Phi) is 5.44. The van der Waals surface area contributed by atoms with Gasteiger partial charge in [0.2, 0.25) is 0 Å². The molecule has 8 nitrogen and oxygen atoms in total. The number of hydrogen-bond donors (Lipinski definition) is 1. The highest BCUT2D eigenvalue weighted by atomic mass is 32.1. The van der Waals surface area contributed by atoms with Gasteiger partial charge in [-0.2, -0.15) is 0 Å². The minimum atomic E-state index is -0.591. The van der Waals surface area contributed by atoms with Gasteiger partial charge in [-0.1, -0.05) is 35.6 Å². The first-order valence-corrected chi connectivity index (χ1v) is 9.99. The molecular formula is C21H18N4O4S. The van der Waals surface area contributed by atoms with E-state index in [0.29, 0.717) is 38.2 Å². The number of carbonyl (C=O) groups excluding carboxylic acids is 1. The second-order valence-electron chi connectivity index (χ2n) is 6.14. The summed E-state index contributed by atoms with van der Waals surface area (Å²) in [5.74, 6) is 0.935. The second kappa shape index (κ2) is 8.34. The third-order valence-electron chi connectivity index (χ3n) is 4.31. The van der Waals surface area contributed by atoms with E-state index in [1.54, 1.807) is 50.6 Å². The van der Waals surface area contributed by atoms with Crippen molar-refractivity contribution < 1.29 is 14.3 Å². The number of aromatic nitrogens is 3. The maximum atomic E-state index is 13.4. The molecule has 0 aliphatic rings. The second-order valence-corrected chi connectivity index (χ2v) is 7.17. The number of benzene rings is 2. The number of nitrogens with one attached hydrogen (secondary N) is 1. The molecule has 30 heavy (non-hydrogen) atoms. The third kappa shape index (κ3) is 3.62. The number of carbonyl (C=O) groups is 1. The summed E-state index contributed by atoms with van der Waals surface area (Å²) in [5, 5.41) is 3.41. The van der Waals surface area contributed by atoms with Crippen molar-refractivity contribution >= 4 is 33.5 Å². The average Bonchev–Trinajstić information content (AvgIpc) is 3.22. The van der Waals surface area contributed by atoms with Crippen LogP contribution in [0.5, 0.6) is 5.75 Å². The highest BCUT2D eigenvalue weighted by Crippen LogP contribution is 2.32.